The van der Waals surface area contributed by atoms with Gasteiger partial charge >= 0.3 is 0 Å². The van der Waals surface area contributed by atoms with Gasteiger partial charge in [0.25, 0.3) is 5.91 Å². The van der Waals surface area contributed by atoms with Crippen LogP contribution < -0.4 is 0 Å². The summed E-state index contributed by atoms with van der Waals surface area (Å²) >= 11 is 1.60. The molecule has 144 valence electrons. The minimum atomic E-state index is -0.629. The van der Waals surface area contributed by atoms with E-state index in [2.05, 4.69) is 0 Å². The van der Waals surface area contributed by atoms with Crippen LogP contribution in [-0.2, 0) is 4.79 Å². The Bertz CT molecular complexity index is 942. The number of fused-ring (bicyclic) bond motifs is 1. The largest absolute Gasteiger partial charge is 0.335 e. The highest BCUT2D eigenvalue weighted by Gasteiger charge is 2.62. The number of thioether (sulfide) groups is 1. The number of halogens is 2. The minimum absolute atomic E-state index is 0.00203. The fourth-order valence-electron chi connectivity index (χ4n) is 4.50. The highest BCUT2D eigenvalue weighted by atomic mass is 32.2. The molecule has 3 aliphatic rings. The molecule has 3 saturated heterocycles. The summed E-state index contributed by atoms with van der Waals surface area (Å²) in [5.41, 5.74) is 1.11. The third-order valence-corrected chi connectivity index (χ3v) is 7.41. The third kappa shape index (κ3) is 2.64. The van der Waals surface area contributed by atoms with Gasteiger partial charge in [-0.25, -0.2) is 8.78 Å². The summed E-state index contributed by atoms with van der Waals surface area (Å²) < 4.78 is 26.7. The van der Waals surface area contributed by atoms with Crippen molar-refractivity contribution < 1.29 is 18.4 Å². The van der Waals surface area contributed by atoms with Gasteiger partial charge in [-0.1, -0.05) is 18.2 Å². The van der Waals surface area contributed by atoms with Crippen molar-refractivity contribution in [2.75, 3.05) is 13.1 Å². The molecule has 1 spiro atoms. The third-order valence-electron chi connectivity index (χ3n) is 5.79. The lowest BCUT2D eigenvalue weighted by atomic mass is 9.94. The Morgan fingerprint density at radius 2 is 1.71 bits per heavy atom. The van der Waals surface area contributed by atoms with Crippen LogP contribution in [0.15, 0.2) is 48.5 Å². The van der Waals surface area contributed by atoms with Gasteiger partial charge in [0.1, 0.15) is 16.4 Å². The van der Waals surface area contributed by atoms with Gasteiger partial charge < -0.3 is 9.80 Å². The van der Waals surface area contributed by atoms with Gasteiger partial charge in [0.2, 0.25) is 5.91 Å². The van der Waals surface area contributed by atoms with Gasteiger partial charge in [0.05, 0.1) is 11.4 Å². The van der Waals surface area contributed by atoms with E-state index in [1.807, 2.05) is 18.2 Å². The molecule has 2 aromatic carbocycles. The lowest BCUT2D eigenvalue weighted by Crippen LogP contribution is -2.65. The number of likely N-dealkylation sites (tertiary alicyclic amines) is 1. The Balaban J connectivity index is 1.34. The predicted molar refractivity (Wildman–Crippen MR) is 102 cm³/mol. The molecule has 2 atom stereocenters. The standard InChI is InChI=1S/C21H18F2N2O2S/c22-15-8-14(9-16(23)10-15)17-6-7-18-25(17)20(27)21(28-18)11-24(12-21)19(26)13-4-2-1-3-5-13/h1-5,8-10,17-18H,6-7,11-12H2/t17-,18+/m0/s1. The molecule has 0 saturated carbocycles. The van der Waals surface area contributed by atoms with Gasteiger partial charge in [0, 0.05) is 24.7 Å². The Morgan fingerprint density at radius 3 is 2.39 bits per heavy atom. The number of hydrogen-bond acceptors (Lipinski definition) is 3. The van der Waals surface area contributed by atoms with E-state index < -0.39 is 16.4 Å². The second kappa shape index (κ2) is 6.30. The number of hydrogen-bond donors (Lipinski definition) is 0. The molecule has 2 amide bonds. The quantitative estimate of drug-likeness (QED) is 0.774. The molecule has 0 bridgehead atoms. The van der Waals surface area contributed by atoms with Crippen molar-refractivity contribution in [2.24, 2.45) is 0 Å². The van der Waals surface area contributed by atoms with Crippen LogP contribution in [0.25, 0.3) is 0 Å². The van der Waals surface area contributed by atoms with E-state index in [0.717, 1.165) is 12.5 Å². The molecule has 0 unspecified atom stereocenters. The number of nitrogens with zero attached hydrogens (tertiary/aromatic N) is 2. The maximum absolute atomic E-state index is 13.7. The molecule has 0 N–H and O–H groups in total. The van der Waals surface area contributed by atoms with E-state index in [9.17, 15) is 18.4 Å². The van der Waals surface area contributed by atoms with E-state index in [1.54, 1.807) is 33.7 Å². The monoisotopic (exact) mass is 400 g/mol. The van der Waals surface area contributed by atoms with Gasteiger partial charge in [-0.05, 0) is 42.7 Å². The van der Waals surface area contributed by atoms with Crippen LogP contribution in [0, 0.1) is 11.6 Å². The van der Waals surface area contributed by atoms with Crippen LogP contribution in [0.1, 0.15) is 34.8 Å². The van der Waals surface area contributed by atoms with Crippen LogP contribution in [0.3, 0.4) is 0 Å². The molecule has 3 fully saturated rings. The second-order valence-electron chi connectivity index (χ2n) is 7.60. The van der Waals surface area contributed by atoms with Gasteiger partial charge in [-0.15, -0.1) is 11.8 Å². The van der Waals surface area contributed by atoms with Crippen molar-refractivity contribution in [1.82, 2.24) is 9.80 Å². The van der Waals surface area contributed by atoms with Crippen molar-refractivity contribution >= 4 is 23.6 Å². The maximum Gasteiger partial charge on any atom is 0.253 e. The average molecular weight is 400 g/mol. The fraction of sp³-hybridized carbons (Fsp3) is 0.333. The normalized spacial score (nSPS) is 25.1. The van der Waals surface area contributed by atoms with Crippen molar-refractivity contribution in [3.63, 3.8) is 0 Å². The van der Waals surface area contributed by atoms with E-state index in [0.29, 0.717) is 30.6 Å². The van der Waals surface area contributed by atoms with Crippen LogP contribution in [0.2, 0.25) is 0 Å². The summed E-state index contributed by atoms with van der Waals surface area (Å²) in [6.45, 7) is 0.753. The zero-order valence-electron chi connectivity index (χ0n) is 15.0. The summed E-state index contributed by atoms with van der Waals surface area (Å²) in [6.07, 6.45) is 1.47. The Hall–Kier alpha value is -2.41. The Morgan fingerprint density at radius 1 is 1.04 bits per heavy atom. The molecular weight excluding hydrogens is 382 g/mol. The van der Waals surface area contributed by atoms with Crippen LogP contribution in [-0.4, -0.2) is 44.8 Å². The highest BCUT2D eigenvalue weighted by molar-refractivity contribution is 8.02. The number of carbonyl (C=O) groups excluding carboxylic acids is 2. The van der Waals surface area contributed by atoms with Crippen molar-refractivity contribution in [3.8, 4) is 0 Å². The summed E-state index contributed by atoms with van der Waals surface area (Å²) in [5, 5.41) is -0.00203. The molecule has 28 heavy (non-hydrogen) atoms. The second-order valence-corrected chi connectivity index (χ2v) is 9.16. The average Bonchev–Trinajstić information content (AvgIpc) is 3.18. The number of rotatable bonds is 2. The van der Waals surface area contributed by atoms with E-state index >= 15 is 0 Å². The molecule has 5 rings (SSSR count). The van der Waals surface area contributed by atoms with Crippen LogP contribution in [0.5, 0.6) is 0 Å². The molecule has 0 aliphatic carbocycles. The van der Waals surface area contributed by atoms with Crippen LogP contribution in [0.4, 0.5) is 8.78 Å². The molecule has 4 nitrogen and oxygen atoms in total. The molecular formula is C21H18F2N2O2S. The van der Waals surface area contributed by atoms with E-state index in [-0.39, 0.29) is 23.2 Å². The zero-order chi connectivity index (χ0) is 19.5. The van der Waals surface area contributed by atoms with Gasteiger partial charge in [-0.3, -0.25) is 9.59 Å². The van der Waals surface area contributed by atoms with Gasteiger partial charge in [-0.2, -0.15) is 0 Å². The Kier molecular flexibility index (Phi) is 3.98. The minimum Gasteiger partial charge on any atom is -0.335 e. The first-order valence-electron chi connectivity index (χ1n) is 9.28. The first kappa shape index (κ1) is 17.7. The van der Waals surface area contributed by atoms with Crippen molar-refractivity contribution in [3.05, 3.63) is 71.3 Å². The van der Waals surface area contributed by atoms with E-state index in [4.69, 9.17) is 0 Å². The van der Waals surface area contributed by atoms with Crippen LogP contribution >= 0.6 is 11.8 Å². The smallest absolute Gasteiger partial charge is 0.253 e. The SMILES string of the molecule is O=C(c1ccccc1)N1CC2(C1)S[C@@H]1CC[C@@H](c3cc(F)cc(F)c3)N1C2=O. The molecule has 0 aromatic heterocycles. The highest BCUT2D eigenvalue weighted by Crippen LogP contribution is 2.55. The van der Waals surface area contributed by atoms with Crippen molar-refractivity contribution in [1.29, 1.82) is 0 Å². The number of benzene rings is 2. The fourth-order valence-corrected chi connectivity index (χ4v) is 6.29. The summed E-state index contributed by atoms with van der Waals surface area (Å²) in [5.74, 6) is -1.35. The Labute approximate surface area is 165 Å². The lowest BCUT2D eigenvalue weighted by molar-refractivity contribution is -0.137. The first-order chi connectivity index (χ1) is 13.5. The number of amides is 2. The topological polar surface area (TPSA) is 40.6 Å². The molecule has 3 aliphatic heterocycles. The summed E-state index contributed by atoms with van der Waals surface area (Å²) in [6, 6.07) is 12.2. The van der Waals surface area contributed by atoms with Gasteiger partial charge in [0.15, 0.2) is 0 Å². The maximum atomic E-state index is 13.7. The van der Waals surface area contributed by atoms with E-state index in [1.165, 1.54) is 12.1 Å². The number of carbonyl (C=O) groups is 2. The summed E-state index contributed by atoms with van der Waals surface area (Å²) in [4.78, 5) is 29.3. The predicted octanol–water partition coefficient (Wildman–Crippen LogP) is 3.60. The molecule has 3 heterocycles. The first-order valence-corrected chi connectivity index (χ1v) is 10.2. The molecule has 2 aromatic rings. The zero-order valence-corrected chi connectivity index (χ0v) is 15.8. The summed E-state index contributed by atoms with van der Waals surface area (Å²) in [7, 11) is 0. The van der Waals surface area contributed by atoms with Crippen molar-refractivity contribution in [2.45, 2.75) is 29.0 Å². The lowest BCUT2D eigenvalue weighted by Gasteiger charge is -2.46. The molecule has 0 radical (unpaired) electrons. The molecule has 7 heteroatoms.